The van der Waals surface area contributed by atoms with Gasteiger partial charge in [0.2, 0.25) is 5.91 Å². The van der Waals surface area contributed by atoms with Gasteiger partial charge in [-0.25, -0.2) is 9.48 Å². The number of nitrogens with zero attached hydrogens (tertiary/aromatic N) is 2. The number of amides is 3. The van der Waals surface area contributed by atoms with Crippen LogP contribution in [0.15, 0.2) is 6.07 Å². The van der Waals surface area contributed by atoms with Crippen LogP contribution in [0.4, 0.5) is 10.6 Å². The molecular formula is C15H26N6O2. The number of carbonyl (C=O) groups is 2. The molecule has 2 heterocycles. The minimum Gasteiger partial charge on any atom is -0.333 e. The third kappa shape index (κ3) is 4.69. The average Bonchev–Trinajstić information content (AvgIpc) is 2.76. The summed E-state index contributed by atoms with van der Waals surface area (Å²) in [6.45, 7) is 9.58. The Morgan fingerprint density at radius 3 is 2.78 bits per heavy atom. The van der Waals surface area contributed by atoms with Crippen molar-refractivity contribution in [2.24, 2.45) is 0 Å². The molecule has 0 saturated carbocycles. The van der Waals surface area contributed by atoms with Crippen molar-refractivity contribution in [2.45, 2.75) is 65.3 Å². The first-order valence-corrected chi connectivity index (χ1v) is 7.88. The molecule has 23 heavy (non-hydrogen) atoms. The lowest BCUT2D eigenvalue weighted by atomic mass is 10.1. The Balaban J connectivity index is 2.17. The number of nitrogens with one attached hydrogen (secondary N) is 4. The van der Waals surface area contributed by atoms with Crippen molar-refractivity contribution in [3.63, 3.8) is 0 Å². The zero-order valence-corrected chi connectivity index (χ0v) is 14.4. The second kappa shape index (κ2) is 6.57. The monoisotopic (exact) mass is 322 g/mol. The normalized spacial score (nSPS) is 21.7. The van der Waals surface area contributed by atoms with E-state index in [1.54, 1.807) is 10.7 Å². The molecule has 1 aliphatic heterocycles. The van der Waals surface area contributed by atoms with Gasteiger partial charge in [-0.05, 0) is 34.1 Å². The summed E-state index contributed by atoms with van der Waals surface area (Å²) in [5, 5.41) is 16.2. The van der Waals surface area contributed by atoms with Gasteiger partial charge < -0.3 is 10.6 Å². The van der Waals surface area contributed by atoms with E-state index in [1.165, 1.54) is 0 Å². The first kappa shape index (κ1) is 17.3. The van der Waals surface area contributed by atoms with Crippen molar-refractivity contribution in [3.05, 3.63) is 11.8 Å². The van der Waals surface area contributed by atoms with E-state index in [9.17, 15) is 9.59 Å². The fourth-order valence-electron chi connectivity index (χ4n) is 2.45. The zero-order chi connectivity index (χ0) is 17.2. The molecule has 0 radical (unpaired) electrons. The van der Waals surface area contributed by atoms with Gasteiger partial charge in [0.25, 0.3) is 0 Å². The predicted molar refractivity (Wildman–Crippen MR) is 87.9 cm³/mol. The fraction of sp³-hybridized carbons (Fsp3) is 0.667. The number of carbonyl (C=O) groups excluding carboxylic acids is 2. The second-order valence-electron chi connectivity index (χ2n) is 6.89. The van der Waals surface area contributed by atoms with Gasteiger partial charge in [0.1, 0.15) is 5.82 Å². The molecule has 128 valence electrons. The van der Waals surface area contributed by atoms with E-state index >= 15 is 0 Å². The summed E-state index contributed by atoms with van der Waals surface area (Å²) in [4.78, 5) is 23.9. The number of hydrogen-bond acceptors (Lipinski definition) is 4. The highest BCUT2D eigenvalue weighted by atomic mass is 16.2. The maximum atomic E-state index is 12.1. The van der Waals surface area contributed by atoms with Gasteiger partial charge in [-0.3, -0.25) is 15.4 Å². The molecule has 1 aromatic rings. The molecule has 0 spiro atoms. The number of rotatable bonds is 3. The summed E-state index contributed by atoms with van der Waals surface area (Å²) < 4.78 is 1.59. The Bertz CT molecular complexity index is 589. The van der Waals surface area contributed by atoms with Gasteiger partial charge in [-0.15, -0.1) is 0 Å². The van der Waals surface area contributed by atoms with Gasteiger partial charge in [0, 0.05) is 24.1 Å². The van der Waals surface area contributed by atoms with Crippen LogP contribution in [0.5, 0.6) is 0 Å². The van der Waals surface area contributed by atoms with E-state index in [2.05, 4.69) is 26.4 Å². The molecule has 0 aromatic carbocycles. The van der Waals surface area contributed by atoms with Gasteiger partial charge in [0.15, 0.2) is 6.29 Å². The molecule has 1 aromatic heterocycles. The summed E-state index contributed by atoms with van der Waals surface area (Å²) in [6.07, 6.45) is 0.817. The smallest absolute Gasteiger partial charge is 0.320 e. The highest BCUT2D eigenvalue weighted by Crippen LogP contribution is 2.18. The van der Waals surface area contributed by atoms with Crippen molar-refractivity contribution in [2.75, 3.05) is 5.32 Å². The van der Waals surface area contributed by atoms with E-state index in [0.29, 0.717) is 12.2 Å². The molecule has 2 rings (SSSR count). The number of hydrogen-bond donors (Lipinski definition) is 4. The van der Waals surface area contributed by atoms with Crippen molar-refractivity contribution in [1.29, 1.82) is 0 Å². The third-order valence-electron chi connectivity index (χ3n) is 3.45. The molecule has 0 aliphatic carbocycles. The molecule has 1 fully saturated rings. The molecule has 0 bridgehead atoms. The van der Waals surface area contributed by atoms with Crippen LogP contribution in [0.1, 0.15) is 52.5 Å². The van der Waals surface area contributed by atoms with Gasteiger partial charge in [-0.1, -0.05) is 6.92 Å². The van der Waals surface area contributed by atoms with Crippen molar-refractivity contribution >= 4 is 17.8 Å². The van der Waals surface area contributed by atoms with Gasteiger partial charge >= 0.3 is 6.03 Å². The van der Waals surface area contributed by atoms with E-state index in [1.807, 2.05) is 34.6 Å². The highest BCUT2D eigenvalue weighted by Gasteiger charge is 2.28. The Hall–Kier alpha value is -2.09. The standard InChI is InChI=1S/C15H26N6O2/c1-6-10-8-12(22)18-13(16-10)21-11(7-9(2)20-21)17-14(23)19-15(3,4)5/h7,10,13,16H,6,8H2,1-5H3,(H,18,22)(H2,17,19,23). The number of urea groups is 1. The van der Waals surface area contributed by atoms with E-state index < -0.39 is 6.29 Å². The molecule has 1 saturated heterocycles. The van der Waals surface area contributed by atoms with E-state index in [0.717, 1.165) is 12.1 Å². The first-order valence-electron chi connectivity index (χ1n) is 7.88. The largest absolute Gasteiger partial charge is 0.333 e. The first-order chi connectivity index (χ1) is 10.7. The summed E-state index contributed by atoms with van der Waals surface area (Å²) in [5.41, 5.74) is 0.417. The molecule has 1 aliphatic rings. The van der Waals surface area contributed by atoms with Crippen molar-refractivity contribution < 1.29 is 9.59 Å². The Labute approximate surface area is 136 Å². The molecule has 8 heteroatoms. The molecule has 3 amide bonds. The van der Waals surface area contributed by atoms with Crippen molar-refractivity contribution in [3.8, 4) is 0 Å². The molecule has 4 N–H and O–H groups in total. The summed E-state index contributed by atoms with van der Waals surface area (Å²) in [7, 11) is 0. The Morgan fingerprint density at radius 2 is 2.17 bits per heavy atom. The minimum absolute atomic E-state index is 0.0288. The molecule has 2 atom stereocenters. The summed E-state index contributed by atoms with van der Waals surface area (Å²) in [5.74, 6) is 0.498. The van der Waals surface area contributed by atoms with Crippen LogP contribution >= 0.6 is 0 Å². The second-order valence-corrected chi connectivity index (χ2v) is 6.89. The van der Waals surface area contributed by atoms with Crippen LogP contribution in [0.3, 0.4) is 0 Å². The summed E-state index contributed by atoms with van der Waals surface area (Å²) in [6, 6.07) is 1.55. The molecule has 2 unspecified atom stereocenters. The SMILES string of the molecule is CCC1CC(=O)NC(n2nc(C)cc2NC(=O)NC(C)(C)C)N1. The van der Waals surface area contributed by atoms with E-state index in [4.69, 9.17) is 0 Å². The van der Waals surface area contributed by atoms with E-state index in [-0.39, 0.29) is 23.5 Å². The average molecular weight is 322 g/mol. The fourth-order valence-corrected chi connectivity index (χ4v) is 2.45. The van der Waals surface area contributed by atoms with Gasteiger partial charge in [0.05, 0.1) is 5.69 Å². The maximum Gasteiger partial charge on any atom is 0.320 e. The lowest BCUT2D eigenvalue weighted by Crippen LogP contribution is -2.53. The zero-order valence-electron chi connectivity index (χ0n) is 14.4. The van der Waals surface area contributed by atoms with Crippen LogP contribution in [-0.2, 0) is 4.79 Å². The van der Waals surface area contributed by atoms with Crippen LogP contribution in [0, 0.1) is 6.92 Å². The predicted octanol–water partition coefficient (Wildman–Crippen LogP) is 1.46. The molecule has 8 nitrogen and oxygen atoms in total. The van der Waals surface area contributed by atoms with Crippen molar-refractivity contribution in [1.82, 2.24) is 25.7 Å². The number of aryl methyl sites for hydroxylation is 1. The Kier molecular flexibility index (Phi) is 4.93. The van der Waals surface area contributed by atoms with Crippen LogP contribution in [-0.4, -0.2) is 33.3 Å². The lowest BCUT2D eigenvalue weighted by molar-refractivity contribution is -0.125. The van der Waals surface area contributed by atoms with Crippen LogP contribution in [0.25, 0.3) is 0 Å². The third-order valence-corrected chi connectivity index (χ3v) is 3.45. The molecular weight excluding hydrogens is 296 g/mol. The minimum atomic E-state index is -0.472. The quantitative estimate of drug-likeness (QED) is 0.677. The van der Waals surface area contributed by atoms with Crippen LogP contribution in [0.2, 0.25) is 0 Å². The topological polar surface area (TPSA) is 100 Å². The van der Waals surface area contributed by atoms with Gasteiger partial charge in [-0.2, -0.15) is 5.10 Å². The highest BCUT2D eigenvalue weighted by molar-refractivity contribution is 5.89. The maximum absolute atomic E-state index is 12.1. The summed E-state index contributed by atoms with van der Waals surface area (Å²) >= 11 is 0. The lowest BCUT2D eigenvalue weighted by Gasteiger charge is -2.32. The Morgan fingerprint density at radius 1 is 1.48 bits per heavy atom. The number of aromatic nitrogens is 2. The van der Waals surface area contributed by atoms with Crippen LogP contribution < -0.4 is 21.3 Å². The number of anilines is 1.